The molecular formula is C23H28N2O4. The van der Waals surface area contributed by atoms with Crippen molar-refractivity contribution in [2.24, 2.45) is 0 Å². The molecule has 0 heterocycles. The van der Waals surface area contributed by atoms with Crippen molar-refractivity contribution in [3.8, 4) is 11.5 Å². The molecule has 6 heteroatoms. The maximum absolute atomic E-state index is 12.7. The zero-order valence-corrected chi connectivity index (χ0v) is 16.9. The number of benzene rings is 2. The number of amides is 2. The van der Waals surface area contributed by atoms with Crippen LogP contribution in [0.25, 0.3) is 0 Å². The van der Waals surface area contributed by atoms with Crippen molar-refractivity contribution in [1.29, 1.82) is 0 Å². The Morgan fingerprint density at radius 2 is 1.62 bits per heavy atom. The third kappa shape index (κ3) is 5.50. The van der Waals surface area contributed by atoms with E-state index < -0.39 is 6.10 Å². The number of para-hydroxylation sites is 3. The predicted octanol–water partition coefficient (Wildman–Crippen LogP) is 4.16. The molecule has 3 rings (SSSR count). The van der Waals surface area contributed by atoms with Gasteiger partial charge in [0.2, 0.25) is 0 Å². The summed E-state index contributed by atoms with van der Waals surface area (Å²) in [5, 5.41) is 5.92. The Morgan fingerprint density at radius 3 is 2.34 bits per heavy atom. The molecule has 1 aliphatic rings. The van der Waals surface area contributed by atoms with Crippen molar-refractivity contribution >= 4 is 17.5 Å². The van der Waals surface area contributed by atoms with Gasteiger partial charge in [-0.15, -0.1) is 0 Å². The molecule has 1 fully saturated rings. The number of ether oxygens (including phenoxy) is 2. The first kappa shape index (κ1) is 20.7. The standard InChI is InChI=1S/C23H28N2O4/c1-16(29-21-15-9-8-14-20(21)28-2)22(26)25-19-13-7-6-12-18(19)23(27)24-17-10-4-3-5-11-17/h6-9,12-17H,3-5,10-11H2,1-2H3,(H,24,27)(H,25,26)/t16-/m0/s1. The van der Waals surface area contributed by atoms with Crippen LogP contribution in [0.5, 0.6) is 11.5 Å². The molecule has 2 aromatic rings. The number of hydrogen-bond donors (Lipinski definition) is 2. The lowest BCUT2D eigenvalue weighted by Gasteiger charge is -2.23. The Bertz CT molecular complexity index is 846. The first-order valence-electron chi connectivity index (χ1n) is 10.1. The van der Waals surface area contributed by atoms with Gasteiger partial charge in [-0.05, 0) is 44.0 Å². The molecule has 154 valence electrons. The average molecular weight is 396 g/mol. The quantitative estimate of drug-likeness (QED) is 0.737. The van der Waals surface area contributed by atoms with Crippen molar-refractivity contribution in [1.82, 2.24) is 5.32 Å². The zero-order chi connectivity index (χ0) is 20.6. The monoisotopic (exact) mass is 396 g/mol. The van der Waals surface area contributed by atoms with Crippen LogP contribution in [0.4, 0.5) is 5.69 Å². The molecular weight excluding hydrogens is 368 g/mol. The van der Waals surface area contributed by atoms with E-state index in [0.29, 0.717) is 22.7 Å². The van der Waals surface area contributed by atoms with Crippen LogP contribution in [0.15, 0.2) is 48.5 Å². The fourth-order valence-electron chi connectivity index (χ4n) is 3.49. The maximum Gasteiger partial charge on any atom is 0.265 e. The molecule has 29 heavy (non-hydrogen) atoms. The Kier molecular flexibility index (Phi) is 7.11. The third-order valence-electron chi connectivity index (χ3n) is 5.11. The van der Waals surface area contributed by atoms with Gasteiger partial charge in [-0.2, -0.15) is 0 Å². The van der Waals surface area contributed by atoms with E-state index in [-0.39, 0.29) is 17.9 Å². The summed E-state index contributed by atoms with van der Waals surface area (Å²) in [6.45, 7) is 1.66. The molecule has 2 aromatic carbocycles. The number of carbonyl (C=O) groups excluding carboxylic acids is 2. The minimum atomic E-state index is -0.763. The average Bonchev–Trinajstić information content (AvgIpc) is 2.75. The van der Waals surface area contributed by atoms with Gasteiger partial charge in [-0.25, -0.2) is 0 Å². The van der Waals surface area contributed by atoms with Gasteiger partial charge in [0.25, 0.3) is 11.8 Å². The molecule has 0 bridgehead atoms. The van der Waals surface area contributed by atoms with Crippen molar-refractivity contribution < 1.29 is 19.1 Å². The number of nitrogens with one attached hydrogen (secondary N) is 2. The molecule has 0 aliphatic heterocycles. The van der Waals surface area contributed by atoms with E-state index in [1.54, 1.807) is 50.4 Å². The van der Waals surface area contributed by atoms with Crippen LogP contribution in [0.3, 0.4) is 0 Å². The van der Waals surface area contributed by atoms with Crippen LogP contribution in [0.2, 0.25) is 0 Å². The molecule has 1 aliphatic carbocycles. The van der Waals surface area contributed by atoms with E-state index in [1.807, 2.05) is 12.1 Å². The summed E-state index contributed by atoms with van der Waals surface area (Å²) in [4.78, 5) is 25.4. The van der Waals surface area contributed by atoms with Crippen molar-refractivity contribution in [2.75, 3.05) is 12.4 Å². The van der Waals surface area contributed by atoms with E-state index >= 15 is 0 Å². The highest BCUT2D eigenvalue weighted by atomic mass is 16.5. The highest BCUT2D eigenvalue weighted by Crippen LogP contribution is 2.27. The summed E-state index contributed by atoms with van der Waals surface area (Å²) >= 11 is 0. The number of hydrogen-bond acceptors (Lipinski definition) is 4. The van der Waals surface area contributed by atoms with Crippen molar-refractivity contribution in [2.45, 2.75) is 51.2 Å². The number of carbonyl (C=O) groups is 2. The van der Waals surface area contributed by atoms with Gasteiger partial charge < -0.3 is 20.1 Å². The Labute approximate surface area is 171 Å². The maximum atomic E-state index is 12.7. The molecule has 0 aromatic heterocycles. The molecule has 0 spiro atoms. The molecule has 0 unspecified atom stereocenters. The molecule has 1 atom stereocenters. The van der Waals surface area contributed by atoms with Crippen LogP contribution in [0.1, 0.15) is 49.4 Å². The lowest BCUT2D eigenvalue weighted by atomic mass is 9.95. The van der Waals surface area contributed by atoms with Crippen LogP contribution in [-0.2, 0) is 4.79 Å². The largest absolute Gasteiger partial charge is 0.493 e. The van der Waals surface area contributed by atoms with E-state index in [2.05, 4.69) is 10.6 Å². The van der Waals surface area contributed by atoms with Crippen molar-refractivity contribution in [3.05, 3.63) is 54.1 Å². The Hall–Kier alpha value is -3.02. The van der Waals surface area contributed by atoms with Crippen LogP contribution >= 0.6 is 0 Å². The van der Waals surface area contributed by atoms with Gasteiger partial charge in [0.1, 0.15) is 0 Å². The molecule has 2 amide bonds. The van der Waals surface area contributed by atoms with Crippen LogP contribution < -0.4 is 20.1 Å². The van der Waals surface area contributed by atoms with Gasteiger partial charge in [-0.3, -0.25) is 9.59 Å². The van der Waals surface area contributed by atoms with Crippen LogP contribution in [-0.4, -0.2) is 31.1 Å². The summed E-state index contributed by atoms with van der Waals surface area (Å²) < 4.78 is 11.0. The predicted molar refractivity (Wildman–Crippen MR) is 112 cm³/mol. The zero-order valence-electron chi connectivity index (χ0n) is 16.9. The third-order valence-corrected chi connectivity index (χ3v) is 5.11. The fraction of sp³-hybridized carbons (Fsp3) is 0.391. The second kappa shape index (κ2) is 9.96. The Balaban J connectivity index is 1.66. The van der Waals surface area contributed by atoms with Gasteiger partial charge in [-0.1, -0.05) is 43.5 Å². The van der Waals surface area contributed by atoms with Crippen molar-refractivity contribution in [3.63, 3.8) is 0 Å². The molecule has 6 nitrogen and oxygen atoms in total. The summed E-state index contributed by atoms with van der Waals surface area (Å²) in [6, 6.07) is 14.4. The van der Waals surface area contributed by atoms with E-state index in [1.165, 1.54) is 6.42 Å². The van der Waals surface area contributed by atoms with E-state index in [4.69, 9.17) is 9.47 Å². The summed E-state index contributed by atoms with van der Waals surface area (Å²) in [5.41, 5.74) is 0.928. The van der Waals surface area contributed by atoms with Gasteiger partial charge in [0.05, 0.1) is 18.4 Å². The number of anilines is 1. The van der Waals surface area contributed by atoms with E-state index in [0.717, 1.165) is 25.7 Å². The second-order valence-electron chi connectivity index (χ2n) is 7.25. The van der Waals surface area contributed by atoms with Gasteiger partial charge in [0.15, 0.2) is 17.6 Å². The van der Waals surface area contributed by atoms with Gasteiger partial charge >= 0.3 is 0 Å². The highest BCUT2D eigenvalue weighted by Gasteiger charge is 2.21. The molecule has 2 N–H and O–H groups in total. The topological polar surface area (TPSA) is 76.7 Å². The summed E-state index contributed by atoms with van der Waals surface area (Å²) in [5.74, 6) is 0.542. The lowest BCUT2D eigenvalue weighted by Crippen LogP contribution is -2.37. The van der Waals surface area contributed by atoms with Crippen LogP contribution in [0, 0.1) is 0 Å². The first-order chi connectivity index (χ1) is 14.1. The number of methoxy groups -OCH3 is 1. The fourth-order valence-corrected chi connectivity index (χ4v) is 3.49. The summed E-state index contributed by atoms with van der Waals surface area (Å²) in [6.07, 6.45) is 4.75. The SMILES string of the molecule is COc1ccccc1O[C@@H](C)C(=O)Nc1ccccc1C(=O)NC1CCCCC1. The highest BCUT2D eigenvalue weighted by molar-refractivity contribution is 6.04. The minimum Gasteiger partial charge on any atom is -0.493 e. The lowest BCUT2D eigenvalue weighted by molar-refractivity contribution is -0.122. The number of rotatable bonds is 7. The smallest absolute Gasteiger partial charge is 0.265 e. The summed E-state index contributed by atoms with van der Waals surface area (Å²) in [7, 11) is 1.55. The minimum absolute atomic E-state index is 0.161. The Morgan fingerprint density at radius 1 is 0.966 bits per heavy atom. The van der Waals surface area contributed by atoms with E-state index in [9.17, 15) is 9.59 Å². The van der Waals surface area contributed by atoms with Gasteiger partial charge in [0, 0.05) is 6.04 Å². The first-order valence-corrected chi connectivity index (χ1v) is 10.1. The second-order valence-corrected chi connectivity index (χ2v) is 7.25. The molecule has 1 saturated carbocycles. The normalized spacial score (nSPS) is 15.2. The molecule has 0 saturated heterocycles. The molecule has 0 radical (unpaired) electrons.